The third-order valence-electron chi connectivity index (χ3n) is 1.54. The van der Waals surface area contributed by atoms with E-state index < -0.39 is 20.0 Å². The molecule has 0 aliphatic carbocycles. The van der Waals surface area contributed by atoms with Gasteiger partial charge in [0.1, 0.15) is 0 Å². The molecule has 0 aliphatic rings. The Labute approximate surface area is 101 Å². The van der Waals surface area contributed by atoms with Crippen LogP contribution in [0.5, 0.6) is 0 Å². The molecule has 0 aliphatic heterocycles. The van der Waals surface area contributed by atoms with Gasteiger partial charge < -0.3 is 0 Å². The second-order valence-corrected chi connectivity index (χ2v) is 6.94. The van der Waals surface area contributed by atoms with Gasteiger partial charge in [0.2, 0.25) is 20.0 Å². The fourth-order valence-electron chi connectivity index (χ4n) is 0.889. The highest BCUT2D eigenvalue weighted by molar-refractivity contribution is 14.1. The van der Waals surface area contributed by atoms with Crippen LogP contribution in [0, 0.1) is 3.57 Å². The van der Waals surface area contributed by atoms with E-state index >= 15 is 0 Å². The number of hydrogen-bond acceptors (Lipinski definition) is 4. The monoisotopic (exact) mass is 362 g/mol. The average Bonchev–Trinajstić information content (AvgIpc) is 1.99. The Balaban J connectivity index is 3.47. The van der Waals surface area contributed by atoms with Gasteiger partial charge in [-0.3, -0.25) is 0 Å². The molecule has 0 heterocycles. The minimum Gasteiger partial charge on any atom is -0.225 e. The van der Waals surface area contributed by atoms with Crippen molar-refractivity contribution in [1.29, 1.82) is 0 Å². The Kier molecular flexibility index (Phi) is 3.40. The van der Waals surface area contributed by atoms with Crippen LogP contribution in [0.4, 0.5) is 0 Å². The summed E-state index contributed by atoms with van der Waals surface area (Å²) in [6.45, 7) is 0. The van der Waals surface area contributed by atoms with Gasteiger partial charge in [-0.05, 0) is 40.8 Å². The fraction of sp³-hybridized carbons (Fsp3) is 0. The lowest BCUT2D eigenvalue weighted by atomic mass is 10.4. The number of nitrogens with two attached hydrogens (primary N) is 2. The normalized spacial score (nSPS) is 12.7. The van der Waals surface area contributed by atoms with Gasteiger partial charge in [0.05, 0.1) is 9.79 Å². The number of halogens is 1. The van der Waals surface area contributed by atoms with Crippen molar-refractivity contribution in [1.82, 2.24) is 0 Å². The molecule has 0 bridgehead atoms. The minimum absolute atomic E-state index is 0.129. The predicted molar refractivity (Wildman–Crippen MR) is 61.9 cm³/mol. The molecule has 6 nitrogen and oxygen atoms in total. The Bertz CT molecular complexity index is 594. The smallest absolute Gasteiger partial charge is 0.225 e. The topological polar surface area (TPSA) is 120 Å². The van der Waals surface area contributed by atoms with Crippen LogP contribution < -0.4 is 10.3 Å². The molecule has 0 amide bonds. The van der Waals surface area contributed by atoms with Gasteiger partial charge in [0.25, 0.3) is 0 Å². The lowest BCUT2D eigenvalue weighted by Gasteiger charge is -2.03. The molecule has 15 heavy (non-hydrogen) atoms. The Hall–Kier alpha value is -0.230. The van der Waals surface area contributed by atoms with E-state index in [4.69, 9.17) is 10.3 Å². The SMILES string of the molecule is NS(=O)(=O)c1ccc(S(N)(=O)=O)c(I)c1. The molecule has 0 spiro atoms. The zero-order chi connectivity index (χ0) is 11.9. The highest BCUT2D eigenvalue weighted by atomic mass is 127. The molecule has 0 saturated heterocycles. The van der Waals surface area contributed by atoms with Crippen LogP contribution in [0.3, 0.4) is 0 Å². The second-order valence-electron chi connectivity index (χ2n) is 2.68. The molecule has 0 radical (unpaired) electrons. The maximum atomic E-state index is 11.0. The van der Waals surface area contributed by atoms with Crippen molar-refractivity contribution >= 4 is 42.6 Å². The summed E-state index contributed by atoms with van der Waals surface area (Å²) in [6.07, 6.45) is 0. The van der Waals surface area contributed by atoms with E-state index in [0.717, 1.165) is 18.2 Å². The molecule has 0 saturated carbocycles. The van der Waals surface area contributed by atoms with Gasteiger partial charge in [-0.1, -0.05) is 0 Å². The number of hydrogen-bond donors (Lipinski definition) is 2. The van der Waals surface area contributed by atoms with Gasteiger partial charge in [-0.15, -0.1) is 0 Å². The predicted octanol–water partition coefficient (Wildman–Crippen LogP) is -0.414. The zero-order valence-corrected chi connectivity index (χ0v) is 11.0. The average molecular weight is 362 g/mol. The molecule has 0 atom stereocenters. The summed E-state index contributed by atoms with van der Waals surface area (Å²) in [6, 6.07) is 3.35. The first-order valence-corrected chi connectivity index (χ1v) is 7.64. The van der Waals surface area contributed by atoms with Crippen LogP contribution in [0.1, 0.15) is 0 Å². The van der Waals surface area contributed by atoms with Crippen molar-refractivity contribution in [3.63, 3.8) is 0 Å². The Morgan fingerprint density at radius 3 is 1.87 bits per heavy atom. The summed E-state index contributed by atoms with van der Waals surface area (Å²) in [4.78, 5) is -0.283. The fourth-order valence-corrected chi connectivity index (χ4v) is 3.66. The van der Waals surface area contributed by atoms with Gasteiger partial charge in [0.15, 0.2) is 0 Å². The van der Waals surface area contributed by atoms with Crippen molar-refractivity contribution in [2.75, 3.05) is 0 Å². The van der Waals surface area contributed by atoms with Crippen LogP contribution >= 0.6 is 22.6 Å². The van der Waals surface area contributed by atoms with Crippen molar-refractivity contribution in [2.24, 2.45) is 10.3 Å². The van der Waals surface area contributed by atoms with E-state index in [0.29, 0.717) is 0 Å². The van der Waals surface area contributed by atoms with Crippen LogP contribution in [0.15, 0.2) is 28.0 Å². The molecule has 1 rings (SSSR count). The molecular formula is C6H7IN2O4S2. The number of primary sulfonamides is 2. The highest BCUT2D eigenvalue weighted by Crippen LogP contribution is 2.20. The summed E-state index contributed by atoms with van der Waals surface area (Å²) in [5.74, 6) is 0. The summed E-state index contributed by atoms with van der Waals surface area (Å²) in [5, 5.41) is 9.78. The van der Waals surface area contributed by atoms with Crippen LogP contribution in [0.25, 0.3) is 0 Å². The maximum absolute atomic E-state index is 11.0. The zero-order valence-electron chi connectivity index (χ0n) is 7.21. The summed E-state index contributed by atoms with van der Waals surface area (Å²) in [5.41, 5.74) is 0. The molecule has 0 aromatic heterocycles. The second kappa shape index (κ2) is 3.97. The molecular weight excluding hydrogens is 355 g/mol. The lowest BCUT2D eigenvalue weighted by Crippen LogP contribution is -2.16. The third-order valence-corrected chi connectivity index (χ3v) is 4.68. The van der Waals surface area contributed by atoms with E-state index in [9.17, 15) is 16.8 Å². The lowest BCUT2D eigenvalue weighted by molar-refractivity contribution is 0.593. The first kappa shape index (κ1) is 12.8. The van der Waals surface area contributed by atoms with Crippen LogP contribution in [0.2, 0.25) is 0 Å². The molecule has 84 valence electrons. The summed E-state index contributed by atoms with van der Waals surface area (Å²) in [7, 11) is -7.67. The number of benzene rings is 1. The van der Waals surface area contributed by atoms with Gasteiger partial charge in [0, 0.05) is 3.57 Å². The van der Waals surface area contributed by atoms with Gasteiger partial charge in [-0.2, -0.15) is 0 Å². The largest absolute Gasteiger partial charge is 0.239 e. The Morgan fingerprint density at radius 1 is 1.00 bits per heavy atom. The molecule has 1 aromatic carbocycles. The van der Waals surface area contributed by atoms with Gasteiger partial charge in [-0.25, -0.2) is 27.1 Å². The Morgan fingerprint density at radius 2 is 1.53 bits per heavy atom. The summed E-state index contributed by atoms with van der Waals surface area (Å²) < 4.78 is 44.1. The van der Waals surface area contributed by atoms with E-state index in [1.54, 1.807) is 22.6 Å². The minimum atomic E-state index is -3.84. The van der Waals surface area contributed by atoms with Crippen molar-refractivity contribution in [2.45, 2.75) is 9.79 Å². The molecule has 4 N–H and O–H groups in total. The van der Waals surface area contributed by atoms with Crippen LogP contribution in [-0.2, 0) is 20.0 Å². The number of sulfonamides is 2. The maximum Gasteiger partial charge on any atom is 0.239 e. The molecule has 1 aromatic rings. The molecule has 9 heteroatoms. The van der Waals surface area contributed by atoms with Crippen molar-refractivity contribution < 1.29 is 16.8 Å². The first-order chi connectivity index (χ1) is 6.62. The van der Waals surface area contributed by atoms with Crippen molar-refractivity contribution in [3.05, 3.63) is 21.8 Å². The van der Waals surface area contributed by atoms with Crippen LogP contribution in [-0.4, -0.2) is 16.8 Å². The molecule has 0 fully saturated rings. The van der Waals surface area contributed by atoms with E-state index in [1.807, 2.05) is 0 Å². The standard InChI is InChI=1S/C6H7IN2O4S2/c7-5-3-4(14(8,10)11)1-2-6(5)15(9,12)13/h1-3H,(H2,8,10,11)(H2,9,12,13). The first-order valence-electron chi connectivity index (χ1n) is 3.47. The van der Waals surface area contributed by atoms with E-state index in [-0.39, 0.29) is 13.4 Å². The van der Waals surface area contributed by atoms with Crippen molar-refractivity contribution in [3.8, 4) is 0 Å². The summed E-state index contributed by atoms with van der Waals surface area (Å²) >= 11 is 1.67. The number of rotatable bonds is 2. The highest BCUT2D eigenvalue weighted by Gasteiger charge is 2.15. The van der Waals surface area contributed by atoms with E-state index in [1.165, 1.54) is 0 Å². The molecule has 0 unspecified atom stereocenters. The van der Waals surface area contributed by atoms with E-state index in [2.05, 4.69) is 0 Å². The van der Waals surface area contributed by atoms with Gasteiger partial charge >= 0.3 is 0 Å². The third kappa shape index (κ3) is 3.11. The quantitative estimate of drug-likeness (QED) is 0.695.